The number of hydrogen-bond acceptors (Lipinski definition) is 4. The third-order valence-corrected chi connectivity index (χ3v) is 5.45. The second-order valence-corrected chi connectivity index (χ2v) is 7.50. The van der Waals surface area contributed by atoms with Gasteiger partial charge in [-0.1, -0.05) is 29.8 Å². The summed E-state index contributed by atoms with van der Waals surface area (Å²) in [4.78, 5) is 17.1. The maximum Gasteiger partial charge on any atom is 0.246 e. The Labute approximate surface area is 164 Å². The van der Waals surface area contributed by atoms with Crippen LogP contribution < -0.4 is 15.1 Å². The molecule has 1 unspecified atom stereocenters. The zero-order valence-electron chi connectivity index (χ0n) is 15.5. The number of anilines is 3. The third kappa shape index (κ3) is 3.75. The minimum atomic E-state index is 0.0698. The van der Waals surface area contributed by atoms with Crippen molar-refractivity contribution in [1.82, 2.24) is 0 Å². The number of nitrogens with one attached hydrogen (secondary N) is 1. The van der Waals surface area contributed by atoms with E-state index in [1.165, 1.54) is 5.56 Å². The minimum Gasteiger partial charge on any atom is -0.378 e. The molecule has 1 N–H and O–H groups in total. The number of halogens is 1. The van der Waals surface area contributed by atoms with E-state index in [2.05, 4.69) is 23.2 Å². The molecule has 0 bridgehead atoms. The van der Waals surface area contributed by atoms with Crippen molar-refractivity contribution in [3.8, 4) is 0 Å². The first-order valence-electron chi connectivity index (χ1n) is 9.39. The SMILES string of the molecule is CC1Cc2ccccc2N1C(=O)CNc1cc(Cl)ccc1N1CCOCC1. The maximum atomic E-state index is 13.0. The van der Waals surface area contributed by atoms with Gasteiger partial charge < -0.3 is 19.9 Å². The molecule has 0 aromatic heterocycles. The summed E-state index contributed by atoms with van der Waals surface area (Å²) in [7, 11) is 0. The molecule has 5 nitrogen and oxygen atoms in total. The van der Waals surface area contributed by atoms with Crippen molar-refractivity contribution in [1.29, 1.82) is 0 Å². The predicted octanol–water partition coefficient (Wildman–Crippen LogP) is 3.57. The number of ether oxygens (including phenoxy) is 1. The number of fused-ring (bicyclic) bond motifs is 1. The van der Waals surface area contributed by atoms with Gasteiger partial charge in [-0.05, 0) is 43.2 Å². The number of carbonyl (C=O) groups is 1. The lowest BCUT2D eigenvalue weighted by molar-refractivity contribution is -0.117. The normalized spacial score (nSPS) is 19.1. The van der Waals surface area contributed by atoms with Crippen molar-refractivity contribution < 1.29 is 9.53 Å². The zero-order valence-corrected chi connectivity index (χ0v) is 16.2. The van der Waals surface area contributed by atoms with Crippen molar-refractivity contribution in [3.05, 3.63) is 53.1 Å². The highest BCUT2D eigenvalue weighted by Crippen LogP contribution is 2.33. The molecule has 1 atom stereocenters. The van der Waals surface area contributed by atoms with Gasteiger partial charge in [-0.3, -0.25) is 4.79 Å². The molecule has 0 aliphatic carbocycles. The number of morpholine rings is 1. The summed E-state index contributed by atoms with van der Waals surface area (Å²) in [5, 5.41) is 3.98. The second kappa shape index (κ2) is 7.79. The number of amides is 1. The molecule has 6 heteroatoms. The van der Waals surface area contributed by atoms with E-state index in [4.69, 9.17) is 16.3 Å². The fraction of sp³-hybridized carbons (Fsp3) is 0.381. The van der Waals surface area contributed by atoms with Crippen LogP contribution in [-0.4, -0.2) is 44.8 Å². The van der Waals surface area contributed by atoms with Crippen molar-refractivity contribution in [3.63, 3.8) is 0 Å². The first-order chi connectivity index (χ1) is 13.1. The molecule has 2 aromatic carbocycles. The molecule has 4 rings (SSSR count). The monoisotopic (exact) mass is 385 g/mol. The third-order valence-electron chi connectivity index (χ3n) is 5.22. The minimum absolute atomic E-state index is 0.0698. The van der Waals surface area contributed by atoms with Gasteiger partial charge in [0.05, 0.1) is 31.1 Å². The highest BCUT2D eigenvalue weighted by atomic mass is 35.5. The summed E-state index contributed by atoms with van der Waals surface area (Å²) in [6, 6.07) is 14.1. The van der Waals surface area contributed by atoms with Gasteiger partial charge in [0, 0.05) is 29.8 Å². The Bertz CT molecular complexity index is 836. The van der Waals surface area contributed by atoms with E-state index < -0.39 is 0 Å². The number of rotatable bonds is 4. The van der Waals surface area contributed by atoms with Crippen LogP contribution in [0.3, 0.4) is 0 Å². The summed E-state index contributed by atoms with van der Waals surface area (Å²) < 4.78 is 5.45. The van der Waals surface area contributed by atoms with Crippen molar-refractivity contribution in [2.75, 3.05) is 48.0 Å². The average molecular weight is 386 g/mol. The highest BCUT2D eigenvalue weighted by Gasteiger charge is 2.30. The number of hydrogen-bond donors (Lipinski definition) is 1. The lowest BCUT2D eigenvalue weighted by atomic mass is 10.1. The molecule has 1 saturated heterocycles. The van der Waals surface area contributed by atoms with Crippen LogP contribution in [0, 0.1) is 0 Å². The maximum absolute atomic E-state index is 13.0. The fourth-order valence-corrected chi connectivity index (χ4v) is 4.10. The lowest BCUT2D eigenvalue weighted by Gasteiger charge is -2.31. The van der Waals surface area contributed by atoms with E-state index in [1.54, 1.807) is 0 Å². The number of carbonyl (C=O) groups excluding carboxylic acids is 1. The van der Waals surface area contributed by atoms with Gasteiger partial charge in [0.2, 0.25) is 5.91 Å². The van der Waals surface area contributed by atoms with E-state index in [-0.39, 0.29) is 18.5 Å². The van der Waals surface area contributed by atoms with Crippen molar-refractivity contribution in [2.45, 2.75) is 19.4 Å². The van der Waals surface area contributed by atoms with E-state index >= 15 is 0 Å². The summed E-state index contributed by atoms with van der Waals surface area (Å²) >= 11 is 6.21. The smallest absolute Gasteiger partial charge is 0.246 e. The van der Waals surface area contributed by atoms with Gasteiger partial charge in [-0.2, -0.15) is 0 Å². The molecule has 0 radical (unpaired) electrons. The Balaban J connectivity index is 1.50. The van der Waals surface area contributed by atoms with E-state index in [0.717, 1.165) is 36.6 Å². The molecular weight excluding hydrogens is 362 g/mol. The van der Waals surface area contributed by atoms with Gasteiger partial charge in [-0.15, -0.1) is 0 Å². The second-order valence-electron chi connectivity index (χ2n) is 7.06. The quantitative estimate of drug-likeness (QED) is 0.873. The van der Waals surface area contributed by atoms with Crippen LogP contribution in [0.25, 0.3) is 0 Å². The van der Waals surface area contributed by atoms with Gasteiger partial charge in [-0.25, -0.2) is 0 Å². The topological polar surface area (TPSA) is 44.8 Å². The van der Waals surface area contributed by atoms with Crippen LogP contribution in [0.15, 0.2) is 42.5 Å². The van der Waals surface area contributed by atoms with Gasteiger partial charge >= 0.3 is 0 Å². The van der Waals surface area contributed by atoms with Crippen LogP contribution in [0.2, 0.25) is 5.02 Å². The van der Waals surface area contributed by atoms with Crippen molar-refractivity contribution >= 4 is 34.6 Å². The Morgan fingerprint density at radius 2 is 1.96 bits per heavy atom. The van der Waals surface area contributed by atoms with Crippen LogP contribution in [0.5, 0.6) is 0 Å². The van der Waals surface area contributed by atoms with E-state index in [1.807, 2.05) is 41.3 Å². The summed E-state index contributed by atoms with van der Waals surface area (Å²) in [6.07, 6.45) is 0.901. The number of benzene rings is 2. The molecule has 2 heterocycles. The Kier molecular flexibility index (Phi) is 5.23. The van der Waals surface area contributed by atoms with Crippen LogP contribution in [0.4, 0.5) is 17.1 Å². The van der Waals surface area contributed by atoms with Crippen LogP contribution in [-0.2, 0) is 16.0 Å². The molecule has 1 amide bonds. The zero-order chi connectivity index (χ0) is 18.8. The lowest BCUT2D eigenvalue weighted by Crippen LogP contribution is -2.40. The van der Waals surface area contributed by atoms with Gasteiger partial charge in [0.15, 0.2) is 0 Å². The first kappa shape index (κ1) is 18.1. The van der Waals surface area contributed by atoms with Crippen molar-refractivity contribution in [2.24, 2.45) is 0 Å². The number of para-hydroxylation sites is 1. The predicted molar refractivity (Wildman–Crippen MR) is 110 cm³/mol. The fourth-order valence-electron chi connectivity index (χ4n) is 3.93. The molecule has 2 aromatic rings. The Morgan fingerprint density at radius 1 is 1.19 bits per heavy atom. The standard InChI is InChI=1S/C21H24ClN3O2/c1-15-12-16-4-2-3-5-19(16)25(15)21(26)14-23-18-13-17(22)6-7-20(18)24-8-10-27-11-9-24/h2-7,13,15,23H,8-12,14H2,1H3. The molecular formula is C21H24ClN3O2. The molecule has 2 aliphatic rings. The summed E-state index contributed by atoms with van der Waals surface area (Å²) in [5.41, 5.74) is 4.20. The summed E-state index contributed by atoms with van der Waals surface area (Å²) in [6.45, 7) is 5.42. The Hall–Kier alpha value is -2.24. The molecule has 27 heavy (non-hydrogen) atoms. The molecule has 1 fully saturated rings. The summed E-state index contributed by atoms with van der Waals surface area (Å²) in [5.74, 6) is 0.0698. The van der Waals surface area contributed by atoms with Gasteiger partial charge in [0.25, 0.3) is 0 Å². The number of nitrogens with zero attached hydrogens (tertiary/aromatic N) is 2. The molecule has 0 spiro atoms. The largest absolute Gasteiger partial charge is 0.378 e. The van der Waals surface area contributed by atoms with E-state index in [9.17, 15) is 4.79 Å². The first-order valence-corrected chi connectivity index (χ1v) is 9.77. The van der Waals surface area contributed by atoms with E-state index in [0.29, 0.717) is 18.2 Å². The van der Waals surface area contributed by atoms with Crippen LogP contribution >= 0.6 is 11.6 Å². The average Bonchev–Trinajstić information content (AvgIpc) is 3.02. The highest BCUT2D eigenvalue weighted by molar-refractivity contribution is 6.31. The molecule has 0 saturated carbocycles. The molecule has 2 aliphatic heterocycles. The van der Waals surface area contributed by atoms with Crippen LogP contribution in [0.1, 0.15) is 12.5 Å². The van der Waals surface area contributed by atoms with Gasteiger partial charge in [0.1, 0.15) is 0 Å². The Morgan fingerprint density at radius 3 is 2.78 bits per heavy atom. The molecule has 142 valence electrons.